The van der Waals surface area contributed by atoms with Crippen molar-refractivity contribution in [2.45, 2.75) is 25.9 Å². The molecule has 1 heterocycles. The van der Waals surface area contributed by atoms with Gasteiger partial charge in [-0.25, -0.2) is 4.39 Å². The van der Waals surface area contributed by atoms with E-state index in [0.717, 1.165) is 5.56 Å². The number of fused-ring (bicyclic) bond motifs is 1. The molecule has 25 heavy (non-hydrogen) atoms. The third-order valence-corrected chi connectivity index (χ3v) is 4.20. The summed E-state index contributed by atoms with van der Waals surface area (Å²) in [6.07, 6.45) is 0.325. The van der Waals surface area contributed by atoms with Crippen LogP contribution in [0.2, 0.25) is 0 Å². The number of benzene rings is 2. The maximum absolute atomic E-state index is 13.6. The lowest BCUT2D eigenvalue weighted by Gasteiger charge is -2.33. The van der Waals surface area contributed by atoms with Gasteiger partial charge in [0.2, 0.25) is 0 Å². The topological polar surface area (TPSA) is 67.4 Å². The summed E-state index contributed by atoms with van der Waals surface area (Å²) in [5.41, 5.74) is 0.349. The predicted molar refractivity (Wildman–Crippen MR) is 92.0 cm³/mol. The Balaban J connectivity index is 1.68. The van der Waals surface area contributed by atoms with Crippen LogP contribution in [-0.4, -0.2) is 24.0 Å². The number of amides is 2. The van der Waals surface area contributed by atoms with Gasteiger partial charge in [-0.1, -0.05) is 24.3 Å². The predicted octanol–water partition coefficient (Wildman–Crippen LogP) is 2.58. The van der Waals surface area contributed by atoms with Crippen molar-refractivity contribution in [3.8, 4) is 5.75 Å². The molecule has 6 heteroatoms. The van der Waals surface area contributed by atoms with Gasteiger partial charge in [-0.3, -0.25) is 9.59 Å². The number of hydrogen-bond acceptors (Lipinski definition) is 3. The second-order valence-electron chi connectivity index (χ2n) is 6.19. The molecule has 1 aliphatic heterocycles. The number of anilines is 1. The fourth-order valence-corrected chi connectivity index (χ4v) is 2.67. The van der Waals surface area contributed by atoms with Crippen molar-refractivity contribution in [1.82, 2.24) is 5.32 Å². The molecule has 0 spiro atoms. The van der Waals surface area contributed by atoms with E-state index in [1.165, 1.54) is 13.0 Å². The summed E-state index contributed by atoms with van der Waals surface area (Å²) in [5.74, 6) is -0.975. The molecule has 2 aromatic rings. The third-order valence-electron chi connectivity index (χ3n) is 4.20. The molecular weight excluding hydrogens is 323 g/mol. The number of halogens is 1. The molecule has 0 fully saturated rings. The van der Waals surface area contributed by atoms with Crippen LogP contribution in [0.25, 0.3) is 0 Å². The number of aryl methyl sites for hydroxylation is 1. The summed E-state index contributed by atoms with van der Waals surface area (Å²) >= 11 is 0. The molecule has 1 aliphatic rings. The molecule has 0 radical (unpaired) electrons. The molecule has 2 amide bonds. The first kappa shape index (κ1) is 17.0. The lowest BCUT2D eigenvalue weighted by molar-refractivity contribution is -0.146. The van der Waals surface area contributed by atoms with Crippen molar-refractivity contribution >= 4 is 17.5 Å². The molecule has 3 rings (SSSR count). The minimum Gasteiger partial charge on any atom is -0.466 e. The molecule has 0 aromatic heterocycles. The zero-order valence-electron chi connectivity index (χ0n) is 14.1. The van der Waals surface area contributed by atoms with Crippen LogP contribution in [0.3, 0.4) is 0 Å². The molecule has 1 atom stereocenters. The highest BCUT2D eigenvalue weighted by Crippen LogP contribution is 2.34. The van der Waals surface area contributed by atoms with Gasteiger partial charge in [-0.05, 0) is 49.6 Å². The monoisotopic (exact) mass is 342 g/mol. The number of carbonyl (C=O) groups is 2. The van der Waals surface area contributed by atoms with Gasteiger partial charge in [0.25, 0.3) is 17.4 Å². The highest BCUT2D eigenvalue weighted by atomic mass is 19.1. The van der Waals surface area contributed by atoms with Gasteiger partial charge in [0.05, 0.1) is 5.69 Å². The highest BCUT2D eigenvalue weighted by Gasteiger charge is 2.47. The van der Waals surface area contributed by atoms with Crippen LogP contribution in [0.1, 0.15) is 18.1 Å². The van der Waals surface area contributed by atoms with E-state index in [9.17, 15) is 14.0 Å². The maximum atomic E-state index is 13.6. The average Bonchev–Trinajstić information content (AvgIpc) is 2.58. The quantitative estimate of drug-likeness (QED) is 0.839. The van der Waals surface area contributed by atoms with Crippen LogP contribution in [0.5, 0.6) is 5.75 Å². The van der Waals surface area contributed by atoms with Gasteiger partial charge in [0.15, 0.2) is 0 Å². The van der Waals surface area contributed by atoms with Crippen molar-refractivity contribution in [3.63, 3.8) is 0 Å². The number of rotatable bonds is 4. The molecule has 0 saturated heterocycles. The second kappa shape index (κ2) is 6.55. The Labute approximate surface area is 145 Å². The van der Waals surface area contributed by atoms with Crippen molar-refractivity contribution in [2.24, 2.45) is 0 Å². The van der Waals surface area contributed by atoms with Gasteiger partial charge < -0.3 is 15.4 Å². The molecule has 130 valence electrons. The lowest BCUT2D eigenvalue weighted by Crippen LogP contribution is -2.58. The lowest BCUT2D eigenvalue weighted by atomic mass is 10.0. The van der Waals surface area contributed by atoms with Crippen molar-refractivity contribution in [1.29, 1.82) is 0 Å². The number of carbonyl (C=O) groups excluding carboxylic acids is 2. The SMILES string of the molecule is Cc1ccc2c(c1)NC(=O)[C@@](C)(C(=O)NCCc1ccccc1F)O2. The van der Waals surface area contributed by atoms with Crippen LogP contribution >= 0.6 is 0 Å². The highest BCUT2D eigenvalue weighted by molar-refractivity contribution is 6.15. The Morgan fingerprint density at radius 3 is 2.80 bits per heavy atom. The van der Waals surface area contributed by atoms with E-state index in [1.54, 1.807) is 30.3 Å². The fraction of sp³-hybridized carbons (Fsp3) is 0.263. The number of nitrogens with one attached hydrogen (secondary N) is 2. The Bertz CT molecular complexity index is 837. The molecular formula is C19H19FN2O3. The van der Waals surface area contributed by atoms with E-state index in [0.29, 0.717) is 23.4 Å². The summed E-state index contributed by atoms with van der Waals surface area (Å²) in [4.78, 5) is 24.9. The zero-order chi connectivity index (χ0) is 18.0. The molecule has 0 unspecified atom stereocenters. The van der Waals surface area contributed by atoms with E-state index < -0.39 is 17.4 Å². The fourth-order valence-electron chi connectivity index (χ4n) is 2.67. The summed E-state index contributed by atoms with van der Waals surface area (Å²) in [7, 11) is 0. The zero-order valence-corrected chi connectivity index (χ0v) is 14.1. The minimum absolute atomic E-state index is 0.201. The molecule has 0 aliphatic carbocycles. The normalized spacial score (nSPS) is 18.8. The van der Waals surface area contributed by atoms with Gasteiger partial charge >= 0.3 is 0 Å². The molecule has 2 aromatic carbocycles. The third kappa shape index (κ3) is 3.33. The van der Waals surface area contributed by atoms with E-state index >= 15 is 0 Å². The Hall–Kier alpha value is -2.89. The molecule has 2 N–H and O–H groups in total. The first-order valence-electron chi connectivity index (χ1n) is 8.03. The summed E-state index contributed by atoms with van der Waals surface area (Å²) in [6, 6.07) is 11.7. The minimum atomic E-state index is -1.67. The Morgan fingerprint density at radius 1 is 1.28 bits per heavy atom. The van der Waals surface area contributed by atoms with E-state index in [2.05, 4.69) is 10.6 Å². The van der Waals surface area contributed by atoms with Crippen LogP contribution in [0, 0.1) is 12.7 Å². The maximum Gasteiger partial charge on any atom is 0.278 e. The largest absolute Gasteiger partial charge is 0.466 e. The first-order chi connectivity index (χ1) is 11.9. The smallest absolute Gasteiger partial charge is 0.278 e. The van der Waals surface area contributed by atoms with E-state index in [-0.39, 0.29) is 12.4 Å². The number of hydrogen-bond donors (Lipinski definition) is 2. The van der Waals surface area contributed by atoms with Gasteiger partial charge in [-0.15, -0.1) is 0 Å². The van der Waals surface area contributed by atoms with Crippen molar-refractivity contribution < 1.29 is 18.7 Å². The molecule has 5 nitrogen and oxygen atoms in total. The van der Waals surface area contributed by atoms with Crippen molar-refractivity contribution in [3.05, 3.63) is 59.4 Å². The van der Waals surface area contributed by atoms with Gasteiger partial charge in [0.1, 0.15) is 11.6 Å². The van der Waals surface area contributed by atoms with Gasteiger partial charge in [0, 0.05) is 6.54 Å². The number of ether oxygens (including phenoxy) is 1. The first-order valence-corrected chi connectivity index (χ1v) is 8.03. The second-order valence-corrected chi connectivity index (χ2v) is 6.19. The average molecular weight is 342 g/mol. The Morgan fingerprint density at radius 2 is 2.04 bits per heavy atom. The Kier molecular flexibility index (Phi) is 4.44. The summed E-state index contributed by atoms with van der Waals surface area (Å²) in [6.45, 7) is 3.52. The van der Waals surface area contributed by atoms with Crippen LogP contribution < -0.4 is 15.4 Å². The van der Waals surface area contributed by atoms with Crippen LogP contribution in [0.4, 0.5) is 10.1 Å². The standard InChI is InChI=1S/C19H19FN2O3/c1-12-7-8-16-15(11-12)22-18(24)19(2,25-16)17(23)21-10-9-13-5-3-4-6-14(13)20/h3-8,11H,9-10H2,1-2H3,(H,21,23)(H,22,24)/t19-/m1/s1. The summed E-state index contributed by atoms with van der Waals surface area (Å²) in [5, 5.41) is 5.35. The van der Waals surface area contributed by atoms with E-state index in [4.69, 9.17) is 4.74 Å². The van der Waals surface area contributed by atoms with Crippen molar-refractivity contribution in [2.75, 3.05) is 11.9 Å². The van der Waals surface area contributed by atoms with Crippen LogP contribution in [0.15, 0.2) is 42.5 Å². The van der Waals surface area contributed by atoms with E-state index in [1.807, 2.05) is 13.0 Å². The molecule has 0 saturated carbocycles. The molecule has 0 bridgehead atoms. The van der Waals surface area contributed by atoms with Crippen LogP contribution in [-0.2, 0) is 16.0 Å². The van der Waals surface area contributed by atoms with Gasteiger partial charge in [-0.2, -0.15) is 0 Å². The summed E-state index contributed by atoms with van der Waals surface area (Å²) < 4.78 is 19.3.